The van der Waals surface area contributed by atoms with Crippen LogP contribution < -0.4 is 5.32 Å². The first kappa shape index (κ1) is 13.9. The third-order valence-corrected chi connectivity index (χ3v) is 2.52. The molecule has 0 aromatic heterocycles. The minimum atomic E-state index is -5.90. The van der Waals surface area contributed by atoms with Crippen LogP contribution in [0.4, 0.5) is 22.0 Å². The van der Waals surface area contributed by atoms with Gasteiger partial charge in [0.2, 0.25) is 0 Å². The van der Waals surface area contributed by atoms with Gasteiger partial charge in [-0.25, -0.2) is 0 Å². The molecule has 1 N–H and O–H groups in total. The standard InChI is InChI=1S/C9H10F5NO2/c10-8(11,9(12,13)14)7(17)15-5-1-3-6(16)4-2-5/h5H,1-4H2,(H,15,17). The van der Waals surface area contributed by atoms with Crippen molar-refractivity contribution < 1.29 is 31.5 Å². The molecule has 98 valence electrons. The quantitative estimate of drug-likeness (QED) is 0.769. The first-order valence-electron chi connectivity index (χ1n) is 4.92. The van der Waals surface area contributed by atoms with Gasteiger partial charge >= 0.3 is 18.0 Å². The number of halogens is 5. The maximum Gasteiger partial charge on any atom is 0.463 e. The molecule has 0 unspecified atom stereocenters. The molecular formula is C9H10F5NO2. The summed E-state index contributed by atoms with van der Waals surface area (Å²) in [4.78, 5) is 21.6. The maximum atomic E-state index is 12.6. The summed E-state index contributed by atoms with van der Waals surface area (Å²) in [6, 6.07) is -0.798. The van der Waals surface area contributed by atoms with Crippen molar-refractivity contribution in [3.63, 3.8) is 0 Å². The molecule has 1 amide bonds. The van der Waals surface area contributed by atoms with E-state index in [0.29, 0.717) is 0 Å². The third kappa shape index (κ3) is 3.13. The lowest BCUT2D eigenvalue weighted by Gasteiger charge is -2.25. The average Bonchev–Trinajstić information content (AvgIpc) is 2.19. The highest BCUT2D eigenvalue weighted by atomic mass is 19.4. The molecule has 1 rings (SSSR count). The van der Waals surface area contributed by atoms with Crippen molar-refractivity contribution in [2.24, 2.45) is 0 Å². The summed E-state index contributed by atoms with van der Waals surface area (Å²) >= 11 is 0. The zero-order valence-electron chi connectivity index (χ0n) is 8.61. The summed E-state index contributed by atoms with van der Waals surface area (Å²) in [5.41, 5.74) is 0. The van der Waals surface area contributed by atoms with E-state index >= 15 is 0 Å². The molecule has 1 fully saturated rings. The SMILES string of the molecule is O=C1CCC(NC(=O)C(F)(F)C(F)(F)F)CC1. The third-order valence-electron chi connectivity index (χ3n) is 2.52. The Hall–Kier alpha value is -1.21. The van der Waals surface area contributed by atoms with Crippen LogP contribution in [0.3, 0.4) is 0 Å². The number of rotatable bonds is 2. The summed E-state index contributed by atoms with van der Waals surface area (Å²) < 4.78 is 60.6. The number of Topliss-reactive ketones (excluding diaryl/α,β-unsaturated/α-hetero) is 1. The average molecular weight is 259 g/mol. The minimum absolute atomic E-state index is 0.0851. The summed E-state index contributed by atoms with van der Waals surface area (Å²) in [7, 11) is 0. The molecule has 1 aliphatic carbocycles. The van der Waals surface area contributed by atoms with Crippen molar-refractivity contribution in [2.75, 3.05) is 0 Å². The van der Waals surface area contributed by atoms with Gasteiger partial charge < -0.3 is 5.32 Å². The van der Waals surface area contributed by atoms with Gasteiger partial charge in [-0.3, -0.25) is 9.59 Å². The van der Waals surface area contributed by atoms with Crippen molar-refractivity contribution in [3.05, 3.63) is 0 Å². The van der Waals surface area contributed by atoms with E-state index in [1.165, 1.54) is 0 Å². The van der Waals surface area contributed by atoms with E-state index in [0.717, 1.165) is 0 Å². The second kappa shape index (κ2) is 4.58. The lowest BCUT2D eigenvalue weighted by molar-refractivity contribution is -0.270. The largest absolute Gasteiger partial charge is 0.463 e. The number of nitrogens with one attached hydrogen (secondary N) is 1. The minimum Gasteiger partial charge on any atom is -0.348 e. The second-order valence-electron chi connectivity index (χ2n) is 3.86. The van der Waals surface area contributed by atoms with E-state index in [-0.39, 0.29) is 31.5 Å². The smallest absolute Gasteiger partial charge is 0.348 e. The number of ketones is 1. The highest BCUT2D eigenvalue weighted by Crippen LogP contribution is 2.35. The molecule has 0 radical (unpaired) electrons. The van der Waals surface area contributed by atoms with Crippen LogP contribution in [0.2, 0.25) is 0 Å². The van der Waals surface area contributed by atoms with E-state index in [1.807, 2.05) is 0 Å². The van der Waals surface area contributed by atoms with E-state index in [4.69, 9.17) is 0 Å². The molecule has 1 saturated carbocycles. The van der Waals surface area contributed by atoms with Gasteiger partial charge in [-0.1, -0.05) is 0 Å². The molecule has 0 saturated heterocycles. The van der Waals surface area contributed by atoms with Crippen molar-refractivity contribution in [1.29, 1.82) is 0 Å². The van der Waals surface area contributed by atoms with Crippen LogP contribution >= 0.6 is 0 Å². The summed E-state index contributed by atoms with van der Waals surface area (Å²) in [5, 5.41) is 1.63. The van der Waals surface area contributed by atoms with Gasteiger partial charge in [-0.05, 0) is 12.8 Å². The zero-order chi connectivity index (χ0) is 13.3. The van der Waals surface area contributed by atoms with Crippen LogP contribution in [-0.4, -0.2) is 29.8 Å². The molecule has 0 atom stereocenters. The first-order valence-corrected chi connectivity index (χ1v) is 4.92. The zero-order valence-corrected chi connectivity index (χ0v) is 8.61. The summed E-state index contributed by atoms with van der Waals surface area (Å²) in [5.74, 6) is -7.84. The summed E-state index contributed by atoms with van der Waals surface area (Å²) in [6.45, 7) is 0. The van der Waals surface area contributed by atoms with Gasteiger partial charge in [-0.15, -0.1) is 0 Å². The predicted octanol–water partition coefficient (Wildman–Crippen LogP) is 1.81. The molecule has 3 nitrogen and oxygen atoms in total. The van der Waals surface area contributed by atoms with E-state index in [1.54, 1.807) is 5.32 Å². The molecule has 0 heterocycles. The van der Waals surface area contributed by atoms with Gasteiger partial charge in [0.05, 0.1) is 0 Å². The predicted molar refractivity (Wildman–Crippen MR) is 46.4 cm³/mol. The van der Waals surface area contributed by atoms with Crippen LogP contribution in [0.5, 0.6) is 0 Å². The van der Waals surface area contributed by atoms with Crippen molar-refractivity contribution in [3.8, 4) is 0 Å². The molecule has 0 spiro atoms. The Morgan fingerprint density at radius 2 is 1.59 bits per heavy atom. The summed E-state index contributed by atoms with van der Waals surface area (Å²) in [6.07, 6.45) is -5.54. The highest BCUT2D eigenvalue weighted by Gasteiger charge is 2.63. The Kier molecular flexibility index (Phi) is 3.73. The number of carbonyl (C=O) groups is 2. The number of amides is 1. The number of hydrogen-bond acceptors (Lipinski definition) is 2. The molecule has 8 heteroatoms. The molecule has 0 aromatic carbocycles. The van der Waals surface area contributed by atoms with Gasteiger partial charge in [0.15, 0.2) is 0 Å². The van der Waals surface area contributed by atoms with Crippen LogP contribution in [0.15, 0.2) is 0 Å². The number of carbonyl (C=O) groups excluding carboxylic acids is 2. The Bertz CT molecular complexity index is 316. The molecular weight excluding hydrogens is 249 g/mol. The normalized spacial score (nSPS) is 19.2. The van der Waals surface area contributed by atoms with Gasteiger partial charge in [0, 0.05) is 18.9 Å². The monoisotopic (exact) mass is 259 g/mol. The van der Waals surface area contributed by atoms with Crippen LogP contribution in [0.1, 0.15) is 25.7 Å². The number of alkyl halides is 5. The molecule has 0 aromatic rings. The van der Waals surface area contributed by atoms with Crippen molar-refractivity contribution in [2.45, 2.75) is 43.8 Å². The molecule has 17 heavy (non-hydrogen) atoms. The highest BCUT2D eigenvalue weighted by molar-refractivity contribution is 5.85. The van der Waals surface area contributed by atoms with Gasteiger partial charge in [-0.2, -0.15) is 22.0 Å². The Labute approximate surface area is 93.4 Å². The molecule has 1 aliphatic rings. The number of hydrogen-bond donors (Lipinski definition) is 1. The molecule has 0 bridgehead atoms. The van der Waals surface area contributed by atoms with E-state index in [2.05, 4.69) is 0 Å². The fourth-order valence-electron chi connectivity index (χ4n) is 1.49. The Morgan fingerprint density at radius 1 is 1.12 bits per heavy atom. The second-order valence-corrected chi connectivity index (χ2v) is 3.86. The molecule has 0 aliphatic heterocycles. The maximum absolute atomic E-state index is 12.6. The van der Waals surface area contributed by atoms with Crippen LogP contribution in [-0.2, 0) is 9.59 Å². The fraction of sp³-hybridized carbons (Fsp3) is 0.778. The lowest BCUT2D eigenvalue weighted by atomic mass is 9.94. The lowest BCUT2D eigenvalue weighted by Crippen LogP contribution is -2.53. The Balaban J connectivity index is 2.58. The van der Waals surface area contributed by atoms with E-state index in [9.17, 15) is 31.5 Å². The van der Waals surface area contributed by atoms with Crippen molar-refractivity contribution in [1.82, 2.24) is 5.32 Å². The van der Waals surface area contributed by atoms with Crippen LogP contribution in [0, 0.1) is 0 Å². The van der Waals surface area contributed by atoms with Crippen molar-refractivity contribution >= 4 is 11.7 Å². The van der Waals surface area contributed by atoms with Crippen LogP contribution in [0.25, 0.3) is 0 Å². The topological polar surface area (TPSA) is 46.2 Å². The Morgan fingerprint density at radius 3 is 2.00 bits per heavy atom. The van der Waals surface area contributed by atoms with Gasteiger partial charge in [0.25, 0.3) is 0 Å². The first-order chi connectivity index (χ1) is 7.64. The fourth-order valence-corrected chi connectivity index (χ4v) is 1.49. The van der Waals surface area contributed by atoms with E-state index < -0.39 is 24.0 Å². The van der Waals surface area contributed by atoms with Gasteiger partial charge in [0.1, 0.15) is 5.78 Å².